The van der Waals surface area contributed by atoms with Gasteiger partial charge in [0.25, 0.3) is 0 Å². The number of carbonyl (C=O) groups is 3. The van der Waals surface area contributed by atoms with Crippen molar-refractivity contribution in [1.82, 2.24) is 9.47 Å². The molecule has 0 unspecified atom stereocenters. The number of hydrogen-bond donors (Lipinski definition) is 0. The van der Waals surface area contributed by atoms with Crippen molar-refractivity contribution in [2.45, 2.75) is 18.5 Å². The van der Waals surface area contributed by atoms with Crippen LogP contribution in [0.2, 0.25) is 0 Å². The normalized spacial score (nSPS) is 18.6. The van der Waals surface area contributed by atoms with Gasteiger partial charge in [-0.2, -0.15) is 0 Å². The number of fused-ring (bicyclic) bond motifs is 4. The number of hydrogen-bond acceptors (Lipinski definition) is 6. The van der Waals surface area contributed by atoms with Gasteiger partial charge < -0.3 is 19.1 Å². The summed E-state index contributed by atoms with van der Waals surface area (Å²) in [5, 5.41) is 0.800. The van der Waals surface area contributed by atoms with E-state index in [-0.39, 0.29) is 30.9 Å². The van der Waals surface area contributed by atoms with E-state index in [2.05, 4.69) is 0 Å². The highest BCUT2D eigenvalue weighted by atomic mass is 35.5. The lowest BCUT2D eigenvalue weighted by Gasteiger charge is -2.41. The van der Waals surface area contributed by atoms with Gasteiger partial charge in [-0.15, -0.1) is 23.2 Å². The van der Waals surface area contributed by atoms with E-state index in [0.29, 0.717) is 28.3 Å². The summed E-state index contributed by atoms with van der Waals surface area (Å²) in [7, 11) is 1.27. The van der Waals surface area contributed by atoms with Gasteiger partial charge in [-0.05, 0) is 29.3 Å². The molecule has 2 atom stereocenters. The van der Waals surface area contributed by atoms with Crippen LogP contribution in [0, 0.1) is 0 Å². The number of para-hydroxylation sites is 1. The molecule has 0 radical (unpaired) electrons. The van der Waals surface area contributed by atoms with Crippen molar-refractivity contribution >= 4 is 51.9 Å². The fourth-order valence-electron chi connectivity index (χ4n) is 4.88. The van der Waals surface area contributed by atoms with Gasteiger partial charge in [0.05, 0.1) is 24.4 Å². The SMILES string of the molecule is COC(=O)[C@H]1Cc2c(n(C(=O)CCl)c3ccccc23)[C@H](c2ccc3c(c2)OCO3)N1C(=O)CCl. The first-order valence-corrected chi connectivity index (χ1v) is 11.6. The van der Waals surface area contributed by atoms with Gasteiger partial charge >= 0.3 is 5.97 Å². The van der Waals surface area contributed by atoms with Crippen LogP contribution in [-0.2, 0) is 20.7 Å². The van der Waals surface area contributed by atoms with Gasteiger partial charge in [-0.3, -0.25) is 14.2 Å². The van der Waals surface area contributed by atoms with E-state index in [4.69, 9.17) is 37.4 Å². The smallest absolute Gasteiger partial charge is 0.328 e. The Morgan fingerprint density at radius 2 is 1.76 bits per heavy atom. The summed E-state index contributed by atoms with van der Waals surface area (Å²) in [6.45, 7) is 0.0782. The molecule has 2 aliphatic heterocycles. The predicted molar refractivity (Wildman–Crippen MR) is 125 cm³/mol. The van der Waals surface area contributed by atoms with E-state index in [1.54, 1.807) is 18.2 Å². The van der Waals surface area contributed by atoms with Crippen LogP contribution in [0.4, 0.5) is 0 Å². The molecule has 34 heavy (non-hydrogen) atoms. The molecule has 0 N–H and O–H groups in total. The number of alkyl halides is 2. The molecule has 8 nitrogen and oxygen atoms in total. The summed E-state index contributed by atoms with van der Waals surface area (Å²) >= 11 is 12.0. The third-order valence-electron chi connectivity index (χ3n) is 6.24. The second kappa shape index (κ2) is 8.85. The molecule has 2 aliphatic rings. The van der Waals surface area contributed by atoms with E-state index in [1.807, 2.05) is 24.3 Å². The maximum Gasteiger partial charge on any atom is 0.328 e. The van der Waals surface area contributed by atoms with Crippen LogP contribution >= 0.6 is 23.2 Å². The van der Waals surface area contributed by atoms with Gasteiger partial charge in [0, 0.05) is 11.8 Å². The molecule has 0 saturated carbocycles. The lowest BCUT2D eigenvalue weighted by molar-refractivity contribution is -0.154. The van der Waals surface area contributed by atoms with Crippen molar-refractivity contribution in [1.29, 1.82) is 0 Å². The number of esters is 1. The summed E-state index contributed by atoms with van der Waals surface area (Å²) in [4.78, 5) is 40.6. The Balaban J connectivity index is 1.85. The number of nitrogens with zero attached hydrogens (tertiary/aromatic N) is 2. The standard InChI is InChI=1S/C24H20Cl2N2O6/c1-32-24(31)17-9-15-14-4-2-3-5-16(14)27(20(29)10-25)23(15)22(28(17)21(30)11-26)13-6-7-18-19(8-13)34-12-33-18/h2-8,17,22H,9-12H2,1H3/t17-,22+/m1/s1. The molecule has 5 rings (SSSR count). The highest BCUT2D eigenvalue weighted by Gasteiger charge is 2.45. The molecule has 10 heteroatoms. The van der Waals surface area contributed by atoms with E-state index < -0.39 is 24.0 Å². The largest absolute Gasteiger partial charge is 0.467 e. The Morgan fingerprint density at radius 3 is 2.50 bits per heavy atom. The molecule has 0 fully saturated rings. The number of halogens is 2. The van der Waals surface area contributed by atoms with E-state index >= 15 is 0 Å². The second-order valence-corrected chi connectivity index (χ2v) is 8.47. The highest BCUT2D eigenvalue weighted by molar-refractivity contribution is 6.28. The first-order chi connectivity index (χ1) is 16.5. The number of methoxy groups -OCH3 is 1. The van der Waals surface area contributed by atoms with Crippen LogP contribution in [0.15, 0.2) is 42.5 Å². The maximum absolute atomic E-state index is 13.2. The zero-order valence-electron chi connectivity index (χ0n) is 18.1. The van der Waals surface area contributed by atoms with E-state index in [9.17, 15) is 14.4 Å². The fourth-order valence-corrected chi connectivity index (χ4v) is 5.14. The third kappa shape index (κ3) is 3.40. The predicted octanol–water partition coefficient (Wildman–Crippen LogP) is 3.50. The Labute approximate surface area is 204 Å². The van der Waals surface area contributed by atoms with Crippen LogP contribution in [0.5, 0.6) is 11.5 Å². The lowest BCUT2D eigenvalue weighted by Crippen LogP contribution is -2.53. The van der Waals surface area contributed by atoms with Gasteiger partial charge in [-0.1, -0.05) is 24.3 Å². The Bertz CT molecular complexity index is 1320. The fraction of sp³-hybridized carbons (Fsp3) is 0.292. The van der Waals surface area contributed by atoms with Crippen LogP contribution < -0.4 is 9.47 Å². The summed E-state index contributed by atoms with van der Waals surface area (Å²) in [6, 6.07) is 10.9. The molecule has 0 bridgehead atoms. The molecule has 0 aliphatic carbocycles. The first kappa shape index (κ1) is 22.6. The highest BCUT2D eigenvalue weighted by Crippen LogP contribution is 2.45. The number of benzene rings is 2. The monoisotopic (exact) mass is 502 g/mol. The van der Waals surface area contributed by atoms with Gasteiger partial charge in [0.2, 0.25) is 18.6 Å². The summed E-state index contributed by atoms with van der Waals surface area (Å²) in [6.07, 6.45) is 0.161. The Hall–Kier alpha value is -3.23. The Morgan fingerprint density at radius 1 is 1.03 bits per heavy atom. The van der Waals surface area contributed by atoms with Crippen molar-refractivity contribution in [3.05, 3.63) is 59.3 Å². The minimum Gasteiger partial charge on any atom is -0.467 e. The van der Waals surface area contributed by atoms with Gasteiger partial charge in [0.1, 0.15) is 17.8 Å². The van der Waals surface area contributed by atoms with Crippen molar-refractivity contribution in [3.8, 4) is 11.5 Å². The van der Waals surface area contributed by atoms with Crippen LogP contribution in [0.3, 0.4) is 0 Å². The van der Waals surface area contributed by atoms with Crippen molar-refractivity contribution < 1.29 is 28.6 Å². The average molecular weight is 503 g/mol. The summed E-state index contributed by atoms with van der Waals surface area (Å²) < 4.78 is 17.6. The number of carbonyl (C=O) groups excluding carboxylic acids is 3. The molecular formula is C24H20Cl2N2O6. The van der Waals surface area contributed by atoms with Crippen molar-refractivity contribution in [3.63, 3.8) is 0 Å². The average Bonchev–Trinajstić information content (AvgIpc) is 3.48. The van der Waals surface area contributed by atoms with Crippen molar-refractivity contribution in [2.75, 3.05) is 25.7 Å². The minimum atomic E-state index is -0.940. The van der Waals surface area contributed by atoms with Gasteiger partial charge in [-0.25, -0.2) is 4.79 Å². The maximum atomic E-state index is 13.2. The number of aromatic nitrogens is 1. The van der Waals surface area contributed by atoms with Gasteiger partial charge in [0.15, 0.2) is 11.5 Å². The molecule has 3 heterocycles. The lowest BCUT2D eigenvalue weighted by atomic mass is 9.87. The third-order valence-corrected chi connectivity index (χ3v) is 6.70. The first-order valence-electron chi connectivity index (χ1n) is 10.6. The molecule has 176 valence electrons. The number of amides is 1. The molecule has 0 spiro atoms. The summed E-state index contributed by atoms with van der Waals surface area (Å²) in [5.41, 5.74) is 2.60. The topological polar surface area (TPSA) is 87.1 Å². The zero-order valence-corrected chi connectivity index (χ0v) is 19.6. The molecule has 3 aromatic rings. The minimum absolute atomic E-state index is 0.0782. The molecule has 1 aromatic heterocycles. The molecular weight excluding hydrogens is 483 g/mol. The van der Waals surface area contributed by atoms with E-state index in [1.165, 1.54) is 16.6 Å². The number of rotatable bonds is 4. The van der Waals surface area contributed by atoms with Crippen LogP contribution in [0.1, 0.15) is 27.7 Å². The molecule has 1 amide bonds. The molecule has 0 saturated heterocycles. The number of ether oxygens (including phenoxy) is 3. The summed E-state index contributed by atoms with van der Waals surface area (Å²) in [5.74, 6) is -0.938. The van der Waals surface area contributed by atoms with Crippen molar-refractivity contribution in [2.24, 2.45) is 0 Å². The quantitative estimate of drug-likeness (QED) is 0.400. The Kier molecular flexibility index (Phi) is 5.87. The zero-order chi connectivity index (χ0) is 24.0. The van der Waals surface area contributed by atoms with Crippen LogP contribution in [-0.4, -0.2) is 59.0 Å². The second-order valence-electron chi connectivity index (χ2n) is 7.94. The van der Waals surface area contributed by atoms with Crippen LogP contribution in [0.25, 0.3) is 10.9 Å². The molecule has 2 aromatic carbocycles. The van der Waals surface area contributed by atoms with E-state index in [0.717, 1.165) is 10.9 Å².